The summed E-state index contributed by atoms with van der Waals surface area (Å²) in [5.41, 5.74) is 0.809. The lowest BCUT2D eigenvalue weighted by Gasteiger charge is -2.04. The molecule has 0 aliphatic rings. The van der Waals surface area contributed by atoms with E-state index in [0.29, 0.717) is 23.7 Å². The number of carbonyl (C=O) groups excluding carboxylic acids is 2. The standard InChI is InChI=1S/C13H10O3/c1-16-13-3-2-9-4-11(7-14)12(8-15)5-10(9)6-13/h2-8H,1H3. The zero-order chi connectivity index (χ0) is 11.5. The topological polar surface area (TPSA) is 43.4 Å². The smallest absolute Gasteiger partial charge is 0.150 e. The van der Waals surface area contributed by atoms with E-state index in [4.69, 9.17) is 4.74 Å². The molecule has 0 atom stereocenters. The molecule has 2 aromatic carbocycles. The van der Waals surface area contributed by atoms with Gasteiger partial charge in [0.2, 0.25) is 0 Å². The number of fused-ring (bicyclic) bond motifs is 1. The van der Waals surface area contributed by atoms with Gasteiger partial charge in [-0.25, -0.2) is 0 Å². The number of hydrogen-bond acceptors (Lipinski definition) is 3. The maximum atomic E-state index is 10.8. The number of rotatable bonds is 3. The van der Waals surface area contributed by atoms with Gasteiger partial charge in [0, 0.05) is 11.1 Å². The predicted octanol–water partition coefficient (Wildman–Crippen LogP) is 2.47. The number of hydrogen-bond donors (Lipinski definition) is 0. The lowest BCUT2D eigenvalue weighted by atomic mass is 10.0. The zero-order valence-corrected chi connectivity index (χ0v) is 8.77. The van der Waals surface area contributed by atoms with Crippen molar-refractivity contribution in [1.29, 1.82) is 0 Å². The second-order valence-corrected chi connectivity index (χ2v) is 3.43. The molecule has 0 radical (unpaired) electrons. The van der Waals surface area contributed by atoms with Crippen molar-refractivity contribution < 1.29 is 14.3 Å². The third-order valence-electron chi connectivity index (χ3n) is 2.50. The van der Waals surface area contributed by atoms with Crippen LogP contribution in [-0.4, -0.2) is 19.7 Å². The second-order valence-electron chi connectivity index (χ2n) is 3.43. The Morgan fingerprint density at radius 1 is 0.938 bits per heavy atom. The van der Waals surface area contributed by atoms with Gasteiger partial charge in [0.1, 0.15) is 5.75 Å². The summed E-state index contributed by atoms with van der Waals surface area (Å²) in [6.45, 7) is 0. The van der Waals surface area contributed by atoms with Gasteiger partial charge >= 0.3 is 0 Å². The number of ether oxygens (including phenoxy) is 1. The van der Waals surface area contributed by atoms with Crippen LogP contribution in [0.15, 0.2) is 30.3 Å². The van der Waals surface area contributed by atoms with Gasteiger partial charge in [-0.1, -0.05) is 6.07 Å². The number of carbonyl (C=O) groups is 2. The minimum Gasteiger partial charge on any atom is -0.497 e. The molecule has 0 unspecified atom stereocenters. The van der Waals surface area contributed by atoms with E-state index in [1.54, 1.807) is 19.2 Å². The molecule has 0 N–H and O–H groups in total. The summed E-state index contributed by atoms with van der Waals surface area (Å²) in [6, 6.07) is 8.89. The molecular formula is C13H10O3. The fourth-order valence-corrected chi connectivity index (χ4v) is 1.64. The maximum absolute atomic E-state index is 10.8. The fourth-order valence-electron chi connectivity index (χ4n) is 1.64. The Hall–Kier alpha value is -2.16. The molecule has 2 rings (SSSR count). The average Bonchev–Trinajstić information content (AvgIpc) is 2.36. The summed E-state index contributed by atoms with van der Waals surface area (Å²) in [5, 5.41) is 1.79. The van der Waals surface area contributed by atoms with Gasteiger partial charge in [0.25, 0.3) is 0 Å². The van der Waals surface area contributed by atoms with Crippen LogP contribution in [0.5, 0.6) is 5.75 Å². The number of aldehydes is 2. The van der Waals surface area contributed by atoms with Gasteiger partial charge in [-0.15, -0.1) is 0 Å². The van der Waals surface area contributed by atoms with Crippen molar-refractivity contribution in [3.05, 3.63) is 41.5 Å². The lowest BCUT2D eigenvalue weighted by molar-refractivity contribution is 0.109. The van der Waals surface area contributed by atoms with Crippen LogP contribution in [0.25, 0.3) is 10.8 Å². The van der Waals surface area contributed by atoms with E-state index in [1.807, 2.05) is 18.2 Å². The highest BCUT2D eigenvalue weighted by atomic mass is 16.5. The molecule has 0 fully saturated rings. The second kappa shape index (κ2) is 4.14. The first-order valence-electron chi connectivity index (χ1n) is 4.80. The summed E-state index contributed by atoms with van der Waals surface area (Å²) in [5.74, 6) is 0.725. The molecule has 0 aliphatic carbocycles. The number of methoxy groups -OCH3 is 1. The van der Waals surface area contributed by atoms with Crippen LogP contribution in [-0.2, 0) is 0 Å². The molecule has 0 bridgehead atoms. The Bertz CT molecular complexity index is 558. The van der Waals surface area contributed by atoms with Crippen LogP contribution < -0.4 is 4.74 Å². The first-order valence-corrected chi connectivity index (χ1v) is 4.80. The SMILES string of the molecule is COc1ccc2cc(C=O)c(C=O)cc2c1. The lowest BCUT2D eigenvalue weighted by Crippen LogP contribution is -1.91. The molecule has 3 nitrogen and oxygen atoms in total. The molecule has 0 amide bonds. The first kappa shape index (κ1) is 10.4. The molecular weight excluding hydrogens is 204 g/mol. The van der Waals surface area contributed by atoms with Crippen molar-refractivity contribution in [3.63, 3.8) is 0 Å². The molecule has 0 heterocycles. The molecule has 0 saturated heterocycles. The van der Waals surface area contributed by atoms with E-state index in [0.717, 1.165) is 16.5 Å². The van der Waals surface area contributed by atoms with Gasteiger partial charge in [-0.2, -0.15) is 0 Å². The Morgan fingerprint density at radius 3 is 2.12 bits per heavy atom. The molecule has 2 aromatic rings. The van der Waals surface area contributed by atoms with Crippen LogP contribution in [0.3, 0.4) is 0 Å². The minimum atomic E-state index is 0.399. The van der Waals surface area contributed by atoms with Crippen molar-refractivity contribution in [2.45, 2.75) is 0 Å². The highest BCUT2D eigenvalue weighted by Crippen LogP contribution is 2.23. The highest BCUT2D eigenvalue weighted by Gasteiger charge is 2.04. The van der Waals surface area contributed by atoms with Crippen LogP contribution in [0, 0.1) is 0 Å². The maximum Gasteiger partial charge on any atom is 0.150 e. The van der Waals surface area contributed by atoms with E-state index < -0.39 is 0 Å². The molecule has 80 valence electrons. The van der Waals surface area contributed by atoms with Gasteiger partial charge in [0.15, 0.2) is 12.6 Å². The van der Waals surface area contributed by atoms with Crippen molar-refractivity contribution in [3.8, 4) is 5.75 Å². The van der Waals surface area contributed by atoms with E-state index in [2.05, 4.69) is 0 Å². The normalized spacial score (nSPS) is 10.1. The summed E-state index contributed by atoms with van der Waals surface area (Å²) in [7, 11) is 1.58. The first-order chi connectivity index (χ1) is 7.78. The van der Waals surface area contributed by atoms with Crippen molar-refractivity contribution >= 4 is 23.3 Å². The summed E-state index contributed by atoms with van der Waals surface area (Å²) in [6.07, 6.45) is 1.37. The van der Waals surface area contributed by atoms with E-state index in [9.17, 15) is 9.59 Å². The summed E-state index contributed by atoms with van der Waals surface area (Å²) >= 11 is 0. The van der Waals surface area contributed by atoms with Gasteiger partial charge in [0.05, 0.1) is 7.11 Å². The highest BCUT2D eigenvalue weighted by molar-refractivity contribution is 5.98. The van der Waals surface area contributed by atoms with E-state index in [-0.39, 0.29) is 0 Å². The zero-order valence-electron chi connectivity index (χ0n) is 8.77. The summed E-state index contributed by atoms with van der Waals surface area (Å²) < 4.78 is 5.09. The predicted molar refractivity (Wildman–Crippen MR) is 61.3 cm³/mol. The van der Waals surface area contributed by atoms with Crippen molar-refractivity contribution in [2.24, 2.45) is 0 Å². The summed E-state index contributed by atoms with van der Waals surface area (Å²) in [4.78, 5) is 21.6. The molecule has 0 saturated carbocycles. The Kier molecular flexibility index (Phi) is 2.68. The van der Waals surface area contributed by atoms with Crippen molar-refractivity contribution in [2.75, 3.05) is 7.11 Å². The monoisotopic (exact) mass is 214 g/mol. The molecule has 16 heavy (non-hydrogen) atoms. The molecule has 0 aliphatic heterocycles. The largest absolute Gasteiger partial charge is 0.497 e. The fraction of sp³-hybridized carbons (Fsp3) is 0.0769. The molecule has 3 heteroatoms. The minimum absolute atomic E-state index is 0.399. The third-order valence-corrected chi connectivity index (χ3v) is 2.50. The average molecular weight is 214 g/mol. The Labute approximate surface area is 92.6 Å². The quantitative estimate of drug-likeness (QED) is 0.737. The van der Waals surface area contributed by atoms with Gasteiger partial charge in [-0.05, 0) is 35.0 Å². The van der Waals surface area contributed by atoms with E-state index >= 15 is 0 Å². The number of benzene rings is 2. The Morgan fingerprint density at radius 2 is 1.56 bits per heavy atom. The van der Waals surface area contributed by atoms with Crippen LogP contribution in [0.4, 0.5) is 0 Å². The van der Waals surface area contributed by atoms with Gasteiger partial charge < -0.3 is 4.74 Å². The van der Waals surface area contributed by atoms with Crippen LogP contribution >= 0.6 is 0 Å². The van der Waals surface area contributed by atoms with Crippen LogP contribution in [0.2, 0.25) is 0 Å². The van der Waals surface area contributed by atoms with Gasteiger partial charge in [-0.3, -0.25) is 9.59 Å². The van der Waals surface area contributed by atoms with E-state index in [1.165, 1.54) is 0 Å². The molecule has 0 spiro atoms. The molecule has 0 aromatic heterocycles. The van der Waals surface area contributed by atoms with Crippen LogP contribution in [0.1, 0.15) is 20.7 Å². The third kappa shape index (κ3) is 1.67. The van der Waals surface area contributed by atoms with Crippen molar-refractivity contribution in [1.82, 2.24) is 0 Å². The Balaban J connectivity index is 2.72.